The Morgan fingerprint density at radius 3 is 2.12 bits per heavy atom. The summed E-state index contributed by atoms with van der Waals surface area (Å²) in [5.41, 5.74) is 0.787. The van der Waals surface area contributed by atoms with Gasteiger partial charge in [0.05, 0.1) is 5.56 Å². The number of aromatic carboxylic acids is 1. The first kappa shape index (κ1) is 11.8. The molecule has 4 heteroatoms. The molecule has 90 valence electrons. The first-order valence-corrected chi connectivity index (χ1v) is 5.64. The molecule has 0 radical (unpaired) electrons. The largest absolute Gasteiger partial charge is 0.478 e. The Morgan fingerprint density at radius 1 is 1.06 bits per heavy atom. The van der Waals surface area contributed by atoms with Crippen molar-refractivity contribution in [2.75, 3.05) is 13.2 Å². The van der Waals surface area contributed by atoms with E-state index in [9.17, 15) is 9.59 Å². The second-order valence-corrected chi connectivity index (χ2v) is 4.13. The molecular weight excluding hydrogens is 220 g/mol. The van der Waals surface area contributed by atoms with Crippen molar-refractivity contribution in [3.05, 3.63) is 35.4 Å². The van der Waals surface area contributed by atoms with Gasteiger partial charge >= 0.3 is 5.97 Å². The van der Waals surface area contributed by atoms with Gasteiger partial charge in [-0.2, -0.15) is 0 Å². The smallest absolute Gasteiger partial charge is 0.335 e. The zero-order chi connectivity index (χ0) is 12.3. The van der Waals surface area contributed by atoms with Crippen LogP contribution in [-0.4, -0.2) is 30.1 Å². The fraction of sp³-hybridized carbons (Fsp3) is 0.385. The minimum atomic E-state index is -0.977. The number of carbonyl (C=O) groups excluding carboxylic acids is 1. The lowest BCUT2D eigenvalue weighted by Crippen LogP contribution is -2.23. The molecule has 1 N–H and O–H groups in total. The van der Waals surface area contributed by atoms with Crippen LogP contribution in [0.3, 0.4) is 0 Å². The average Bonchev–Trinajstić information content (AvgIpc) is 2.39. The maximum absolute atomic E-state index is 12.1. The summed E-state index contributed by atoms with van der Waals surface area (Å²) in [6, 6.07) is 6.10. The van der Waals surface area contributed by atoms with Crippen LogP contribution in [0.1, 0.15) is 33.6 Å². The van der Waals surface area contributed by atoms with E-state index in [1.807, 2.05) is 0 Å². The standard InChI is InChI=1S/C13H14O4/c14-12(10-5-7-17-8-6-10)9-1-3-11(4-2-9)13(15)16/h1-4,10H,5-8H2,(H,15,16). The number of carbonyl (C=O) groups is 2. The number of Topliss-reactive ketones (excluding diaryl/α,β-unsaturated/α-hetero) is 1. The van der Waals surface area contributed by atoms with Crippen molar-refractivity contribution < 1.29 is 19.4 Å². The van der Waals surface area contributed by atoms with Gasteiger partial charge in [-0.1, -0.05) is 12.1 Å². The van der Waals surface area contributed by atoms with Crippen LogP contribution >= 0.6 is 0 Å². The van der Waals surface area contributed by atoms with Gasteiger partial charge in [-0.05, 0) is 25.0 Å². The van der Waals surface area contributed by atoms with Gasteiger partial charge in [0, 0.05) is 24.7 Å². The van der Waals surface area contributed by atoms with E-state index in [2.05, 4.69) is 0 Å². The highest BCUT2D eigenvalue weighted by Gasteiger charge is 2.22. The van der Waals surface area contributed by atoms with E-state index < -0.39 is 5.97 Å². The average molecular weight is 234 g/mol. The predicted molar refractivity (Wildman–Crippen MR) is 61.3 cm³/mol. The molecule has 0 amide bonds. The van der Waals surface area contributed by atoms with E-state index in [1.165, 1.54) is 12.1 Å². The molecule has 1 aromatic rings. The topological polar surface area (TPSA) is 63.6 Å². The molecule has 1 aliphatic rings. The van der Waals surface area contributed by atoms with Crippen LogP contribution in [0.4, 0.5) is 0 Å². The fourth-order valence-electron chi connectivity index (χ4n) is 1.97. The molecule has 0 atom stereocenters. The Bertz CT molecular complexity index is 416. The molecule has 0 bridgehead atoms. The molecule has 1 aromatic carbocycles. The van der Waals surface area contributed by atoms with Crippen LogP contribution in [0, 0.1) is 5.92 Å². The van der Waals surface area contributed by atoms with Crippen molar-refractivity contribution in [1.29, 1.82) is 0 Å². The van der Waals surface area contributed by atoms with Crippen molar-refractivity contribution in [3.63, 3.8) is 0 Å². The van der Waals surface area contributed by atoms with Crippen LogP contribution in [0.2, 0.25) is 0 Å². The third-order valence-corrected chi connectivity index (χ3v) is 3.01. The molecule has 0 aliphatic carbocycles. The zero-order valence-electron chi connectivity index (χ0n) is 9.39. The highest BCUT2D eigenvalue weighted by atomic mass is 16.5. The molecule has 0 saturated carbocycles. The lowest BCUT2D eigenvalue weighted by Gasteiger charge is -2.20. The summed E-state index contributed by atoms with van der Waals surface area (Å²) in [4.78, 5) is 22.8. The third kappa shape index (κ3) is 2.71. The number of carboxylic acid groups (broad SMARTS) is 1. The summed E-state index contributed by atoms with van der Waals surface area (Å²) < 4.78 is 5.21. The number of benzene rings is 1. The monoisotopic (exact) mass is 234 g/mol. The minimum absolute atomic E-state index is 0.0134. The summed E-state index contributed by atoms with van der Waals surface area (Å²) in [6.07, 6.45) is 1.50. The van der Waals surface area contributed by atoms with Crippen molar-refractivity contribution in [3.8, 4) is 0 Å². The van der Waals surface area contributed by atoms with Crippen LogP contribution in [0.15, 0.2) is 24.3 Å². The second-order valence-electron chi connectivity index (χ2n) is 4.13. The molecule has 1 aliphatic heterocycles. The van der Waals surface area contributed by atoms with Crippen molar-refractivity contribution in [1.82, 2.24) is 0 Å². The van der Waals surface area contributed by atoms with Gasteiger partial charge in [-0.25, -0.2) is 4.79 Å². The third-order valence-electron chi connectivity index (χ3n) is 3.01. The van der Waals surface area contributed by atoms with Gasteiger partial charge in [0.15, 0.2) is 5.78 Å². The molecular formula is C13H14O4. The van der Waals surface area contributed by atoms with Gasteiger partial charge in [0.1, 0.15) is 0 Å². The van der Waals surface area contributed by atoms with Crippen molar-refractivity contribution >= 4 is 11.8 Å². The van der Waals surface area contributed by atoms with E-state index in [0.29, 0.717) is 18.8 Å². The quantitative estimate of drug-likeness (QED) is 0.812. The summed E-state index contributed by atoms with van der Waals surface area (Å²) in [6.45, 7) is 1.26. The van der Waals surface area contributed by atoms with Crippen LogP contribution < -0.4 is 0 Å². The molecule has 0 spiro atoms. The van der Waals surface area contributed by atoms with Gasteiger partial charge in [-0.15, -0.1) is 0 Å². The number of hydrogen-bond acceptors (Lipinski definition) is 3. The number of rotatable bonds is 3. The Morgan fingerprint density at radius 2 is 1.59 bits per heavy atom. The maximum atomic E-state index is 12.1. The molecule has 1 heterocycles. The molecule has 1 saturated heterocycles. The summed E-state index contributed by atoms with van der Waals surface area (Å²) >= 11 is 0. The normalized spacial score (nSPS) is 16.7. The summed E-state index contributed by atoms with van der Waals surface area (Å²) in [7, 11) is 0. The van der Waals surface area contributed by atoms with Crippen LogP contribution in [0.5, 0.6) is 0 Å². The molecule has 0 aromatic heterocycles. The van der Waals surface area contributed by atoms with E-state index in [4.69, 9.17) is 9.84 Å². The number of hydrogen-bond donors (Lipinski definition) is 1. The van der Waals surface area contributed by atoms with E-state index in [1.54, 1.807) is 12.1 Å². The molecule has 1 fully saturated rings. The number of ether oxygens (including phenoxy) is 1. The fourth-order valence-corrected chi connectivity index (χ4v) is 1.97. The maximum Gasteiger partial charge on any atom is 0.335 e. The molecule has 17 heavy (non-hydrogen) atoms. The van der Waals surface area contributed by atoms with Crippen LogP contribution in [0.25, 0.3) is 0 Å². The lowest BCUT2D eigenvalue weighted by molar-refractivity contribution is 0.0544. The number of carboxylic acids is 1. The summed E-state index contributed by atoms with van der Waals surface area (Å²) in [5.74, 6) is -0.875. The highest BCUT2D eigenvalue weighted by Crippen LogP contribution is 2.20. The lowest BCUT2D eigenvalue weighted by atomic mass is 9.91. The highest BCUT2D eigenvalue weighted by molar-refractivity contribution is 5.98. The first-order chi connectivity index (χ1) is 8.18. The second kappa shape index (κ2) is 5.10. The Balaban J connectivity index is 2.10. The molecule has 4 nitrogen and oxygen atoms in total. The van der Waals surface area contributed by atoms with E-state index >= 15 is 0 Å². The van der Waals surface area contributed by atoms with Gasteiger partial charge in [0.2, 0.25) is 0 Å². The van der Waals surface area contributed by atoms with Crippen molar-refractivity contribution in [2.24, 2.45) is 5.92 Å². The Hall–Kier alpha value is -1.68. The molecule has 2 rings (SSSR count). The zero-order valence-corrected chi connectivity index (χ0v) is 9.39. The predicted octanol–water partition coefficient (Wildman–Crippen LogP) is 1.99. The van der Waals surface area contributed by atoms with Gasteiger partial charge in [0.25, 0.3) is 0 Å². The Kier molecular flexibility index (Phi) is 3.54. The SMILES string of the molecule is O=C(O)c1ccc(C(=O)C2CCOCC2)cc1. The van der Waals surface area contributed by atoms with Crippen molar-refractivity contribution in [2.45, 2.75) is 12.8 Å². The van der Waals surface area contributed by atoms with E-state index in [0.717, 1.165) is 12.8 Å². The minimum Gasteiger partial charge on any atom is -0.478 e. The number of ketones is 1. The Labute approximate surface area is 99.2 Å². The first-order valence-electron chi connectivity index (χ1n) is 5.64. The van der Waals surface area contributed by atoms with Crippen LogP contribution in [-0.2, 0) is 4.74 Å². The van der Waals surface area contributed by atoms with Gasteiger partial charge in [-0.3, -0.25) is 4.79 Å². The van der Waals surface area contributed by atoms with E-state index in [-0.39, 0.29) is 17.3 Å². The van der Waals surface area contributed by atoms with Gasteiger partial charge < -0.3 is 9.84 Å². The molecule has 0 unspecified atom stereocenters. The summed E-state index contributed by atoms with van der Waals surface area (Å²) in [5, 5.41) is 8.76.